The van der Waals surface area contributed by atoms with E-state index in [9.17, 15) is 9.90 Å². The van der Waals surface area contributed by atoms with Gasteiger partial charge in [-0.1, -0.05) is 48.5 Å². The number of hydrogen-bond acceptors (Lipinski definition) is 3. The maximum atomic E-state index is 12.5. The normalized spacial score (nSPS) is 16.0. The molecule has 1 N–H and O–H groups in total. The van der Waals surface area contributed by atoms with Gasteiger partial charge in [0.05, 0.1) is 6.61 Å². The highest BCUT2D eigenvalue weighted by molar-refractivity contribution is 5.79. The van der Waals surface area contributed by atoms with Crippen LogP contribution in [-0.4, -0.2) is 41.9 Å². The molecule has 0 aliphatic heterocycles. The molecule has 2 aromatic carbocycles. The molecule has 0 radical (unpaired) electrons. The Labute approximate surface area is 148 Å². The van der Waals surface area contributed by atoms with Gasteiger partial charge in [-0.2, -0.15) is 0 Å². The second kappa shape index (κ2) is 6.89. The van der Waals surface area contributed by atoms with E-state index in [2.05, 4.69) is 24.3 Å². The summed E-state index contributed by atoms with van der Waals surface area (Å²) in [6.45, 7) is 0.656. The summed E-state index contributed by atoms with van der Waals surface area (Å²) in [5, 5.41) is 9.24. The summed E-state index contributed by atoms with van der Waals surface area (Å²) >= 11 is 0. The third kappa shape index (κ3) is 2.91. The van der Waals surface area contributed by atoms with Crippen LogP contribution < -0.4 is 0 Å². The summed E-state index contributed by atoms with van der Waals surface area (Å²) in [4.78, 5) is 14.2. The van der Waals surface area contributed by atoms with Crippen molar-refractivity contribution in [2.75, 3.05) is 19.8 Å². The highest BCUT2D eigenvalue weighted by Crippen LogP contribution is 2.44. The minimum Gasteiger partial charge on any atom is -0.448 e. The van der Waals surface area contributed by atoms with Crippen LogP contribution in [0.25, 0.3) is 11.1 Å². The summed E-state index contributed by atoms with van der Waals surface area (Å²) in [6, 6.07) is 16.9. The molecule has 0 aromatic heterocycles. The van der Waals surface area contributed by atoms with Crippen LogP contribution >= 0.6 is 0 Å². The summed E-state index contributed by atoms with van der Waals surface area (Å²) in [7, 11) is 0. The Morgan fingerprint density at radius 1 is 1.04 bits per heavy atom. The van der Waals surface area contributed by atoms with Crippen molar-refractivity contribution in [3.8, 4) is 11.1 Å². The molecule has 1 fully saturated rings. The molecule has 4 heteroatoms. The van der Waals surface area contributed by atoms with Gasteiger partial charge in [-0.15, -0.1) is 0 Å². The van der Waals surface area contributed by atoms with Crippen molar-refractivity contribution in [1.29, 1.82) is 0 Å². The molecule has 25 heavy (non-hydrogen) atoms. The van der Waals surface area contributed by atoms with Crippen molar-refractivity contribution in [1.82, 2.24) is 4.90 Å². The SMILES string of the molecule is O=C(OCC1c2ccccc2-c2ccccc21)N(CCO)C1CCC1. The van der Waals surface area contributed by atoms with Gasteiger partial charge in [0.15, 0.2) is 0 Å². The number of nitrogens with zero attached hydrogens (tertiary/aromatic N) is 1. The number of ether oxygens (including phenoxy) is 1. The molecular weight excluding hydrogens is 314 g/mol. The third-order valence-electron chi connectivity index (χ3n) is 5.43. The molecule has 1 amide bonds. The Kier molecular flexibility index (Phi) is 4.45. The Bertz CT molecular complexity index is 724. The quantitative estimate of drug-likeness (QED) is 0.903. The van der Waals surface area contributed by atoms with Gasteiger partial charge in [-0.25, -0.2) is 4.79 Å². The molecule has 1 saturated carbocycles. The fourth-order valence-electron chi connectivity index (χ4n) is 3.91. The highest BCUT2D eigenvalue weighted by Gasteiger charge is 2.32. The second-order valence-electron chi connectivity index (χ2n) is 6.81. The van der Waals surface area contributed by atoms with Crippen LogP contribution in [0, 0.1) is 0 Å². The molecular formula is C21H23NO3. The van der Waals surface area contributed by atoms with Gasteiger partial charge < -0.3 is 14.7 Å². The Morgan fingerprint density at radius 2 is 1.64 bits per heavy atom. The molecule has 4 rings (SSSR count). The fourth-order valence-corrected chi connectivity index (χ4v) is 3.91. The molecule has 0 bridgehead atoms. The lowest BCUT2D eigenvalue weighted by Gasteiger charge is -2.36. The maximum Gasteiger partial charge on any atom is 0.410 e. The van der Waals surface area contributed by atoms with Crippen molar-refractivity contribution in [3.63, 3.8) is 0 Å². The van der Waals surface area contributed by atoms with Crippen LogP contribution in [0.3, 0.4) is 0 Å². The van der Waals surface area contributed by atoms with Crippen LogP contribution in [-0.2, 0) is 4.74 Å². The first-order valence-corrected chi connectivity index (χ1v) is 9.02. The maximum absolute atomic E-state index is 12.5. The summed E-state index contributed by atoms with van der Waals surface area (Å²) < 4.78 is 5.69. The van der Waals surface area contributed by atoms with E-state index < -0.39 is 0 Å². The van der Waals surface area contributed by atoms with Crippen LogP contribution in [0.1, 0.15) is 36.3 Å². The highest BCUT2D eigenvalue weighted by atomic mass is 16.6. The smallest absolute Gasteiger partial charge is 0.410 e. The number of carbonyl (C=O) groups excluding carboxylic acids is 1. The topological polar surface area (TPSA) is 49.8 Å². The van der Waals surface area contributed by atoms with Gasteiger partial charge in [0.2, 0.25) is 0 Å². The number of aliphatic hydroxyl groups excluding tert-OH is 1. The zero-order valence-electron chi connectivity index (χ0n) is 14.2. The minimum absolute atomic E-state index is 0.0271. The molecule has 130 valence electrons. The van der Waals surface area contributed by atoms with Gasteiger partial charge >= 0.3 is 6.09 Å². The fraction of sp³-hybridized carbons (Fsp3) is 0.381. The van der Waals surface area contributed by atoms with Crippen LogP contribution in [0.2, 0.25) is 0 Å². The first kappa shape index (κ1) is 16.2. The largest absolute Gasteiger partial charge is 0.448 e. The van der Waals surface area contributed by atoms with E-state index >= 15 is 0 Å². The number of benzene rings is 2. The summed E-state index contributed by atoms with van der Waals surface area (Å²) in [5.41, 5.74) is 4.89. The monoisotopic (exact) mass is 337 g/mol. The standard InChI is InChI=1S/C21H23NO3/c23-13-12-22(15-6-5-7-15)21(24)25-14-20-18-10-3-1-8-16(18)17-9-2-4-11-19(17)20/h1-4,8-11,15,20,23H,5-7,12-14H2. The minimum atomic E-state index is -0.305. The third-order valence-corrected chi connectivity index (χ3v) is 5.43. The van der Waals surface area contributed by atoms with Gasteiger partial charge in [-0.3, -0.25) is 0 Å². The number of hydrogen-bond donors (Lipinski definition) is 1. The second-order valence-corrected chi connectivity index (χ2v) is 6.81. The lowest BCUT2D eigenvalue weighted by Crippen LogP contribution is -2.46. The number of amides is 1. The Hall–Kier alpha value is -2.33. The van der Waals surface area contributed by atoms with E-state index in [1.165, 1.54) is 22.3 Å². The lowest BCUT2D eigenvalue weighted by atomic mass is 9.92. The molecule has 0 spiro atoms. The van der Waals surface area contributed by atoms with Crippen molar-refractivity contribution < 1.29 is 14.6 Å². The van der Waals surface area contributed by atoms with E-state index in [0.717, 1.165) is 19.3 Å². The number of aliphatic hydroxyl groups is 1. The van der Waals surface area contributed by atoms with Crippen molar-refractivity contribution in [3.05, 3.63) is 59.7 Å². The molecule has 0 saturated heterocycles. The van der Waals surface area contributed by atoms with Crippen LogP contribution in [0.4, 0.5) is 4.79 Å². The summed E-state index contributed by atoms with van der Waals surface area (Å²) in [6.07, 6.45) is 2.85. The average Bonchev–Trinajstić information content (AvgIpc) is 2.92. The first-order chi connectivity index (χ1) is 12.3. The van der Waals surface area contributed by atoms with Gasteiger partial charge in [0, 0.05) is 18.5 Å². The van der Waals surface area contributed by atoms with Crippen LogP contribution in [0.5, 0.6) is 0 Å². The van der Waals surface area contributed by atoms with E-state index in [-0.39, 0.29) is 24.7 Å². The average molecular weight is 337 g/mol. The Morgan fingerprint density at radius 3 is 2.16 bits per heavy atom. The number of carbonyl (C=O) groups is 1. The van der Waals surface area contributed by atoms with Crippen molar-refractivity contribution in [2.24, 2.45) is 0 Å². The van der Waals surface area contributed by atoms with E-state index in [1.54, 1.807) is 4.90 Å². The number of rotatable bonds is 5. The zero-order valence-corrected chi connectivity index (χ0v) is 14.2. The first-order valence-electron chi connectivity index (χ1n) is 9.02. The summed E-state index contributed by atoms with van der Waals surface area (Å²) in [5.74, 6) is 0.0775. The van der Waals surface area contributed by atoms with Gasteiger partial charge in [-0.05, 0) is 41.5 Å². The molecule has 2 aliphatic rings. The van der Waals surface area contributed by atoms with E-state index in [1.807, 2.05) is 24.3 Å². The molecule has 4 nitrogen and oxygen atoms in total. The Balaban J connectivity index is 1.52. The zero-order chi connectivity index (χ0) is 17.2. The predicted molar refractivity (Wildman–Crippen MR) is 96.5 cm³/mol. The lowest BCUT2D eigenvalue weighted by molar-refractivity contribution is 0.0561. The molecule has 0 heterocycles. The van der Waals surface area contributed by atoms with E-state index in [0.29, 0.717) is 13.2 Å². The van der Waals surface area contributed by atoms with Crippen LogP contribution in [0.15, 0.2) is 48.5 Å². The number of fused-ring (bicyclic) bond motifs is 3. The predicted octanol–water partition coefficient (Wildman–Crippen LogP) is 3.78. The van der Waals surface area contributed by atoms with Gasteiger partial charge in [0.1, 0.15) is 6.61 Å². The van der Waals surface area contributed by atoms with Crippen molar-refractivity contribution in [2.45, 2.75) is 31.2 Å². The van der Waals surface area contributed by atoms with E-state index in [4.69, 9.17) is 4.74 Å². The van der Waals surface area contributed by atoms with Gasteiger partial charge in [0.25, 0.3) is 0 Å². The van der Waals surface area contributed by atoms with Crippen molar-refractivity contribution >= 4 is 6.09 Å². The molecule has 2 aromatic rings. The molecule has 2 aliphatic carbocycles. The molecule has 0 unspecified atom stereocenters. The molecule has 0 atom stereocenters.